The van der Waals surface area contributed by atoms with Crippen LogP contribution < -0.4 is 15.4 Å². The summed E-state index contributed by atoms with van der Waals surface area (Å²) in [5.74, 6) is 0.624. The van der Waals surface area contributed by atoms with Gasteiger partial charge in [-0.05, 0) is 32.9 Å². The predicted molar refractivity (Wildman–Crippen MR) is 70.9 cm³/mol. The second kappa shape index (κ2) is 6.86. The zero-order valence-electron chi connectivity index (χ0n) is 10.9. The van der Waals surface area contributed by atoms with Crippen LogP contribution in [0.2, 0.25) is 0 Å². The molecule has 0 aliphatic carbocycles. The molecule has 0 fully saturated rings. The van der Waals surface area contributed by atoms with Gasteiger partial charge in [0, 0.05) is 0 Å². The molecule has 0 spiro atoms. The Balaban J connectivity index is 2.68. The van der Waals surface area contributed by atoms with Crippen LogP contribution in [0.25, 0.3) is 0 Å². The molecule has 18 heavy (non-hydrogen) atoms. The molecule has 1 unspecified atom stereocenters. The summed E-state index contributed by atoms with van der Waals surface area (Å²) in [6.07, 6.45) is 0.0346. The number of benzene rings is 1. The third-order valence-corrected chi connectivity index (χ3v) is 2.15. The van der Waals surface area contributed by atoms with Crippen molar-refractivity contribution in [2.75, 3.05) is 11.9 Å². The minimum Gasteiger partial charge on any atom is -0.489 e. The number of hydrogen-bond acceptors (Lipinski definition) is 3. The molecule has 0 heterocycles. The first-order chi connectivity index (χ1) is 8.52. The molecule has 5 heteroatoms. The molecule has 0 aromatic heterocycles. The van der Waals surface area contributed by atoms with Crippen LogP contribution in [-0.4, -0.2) is 29.9 Å². The Labute approximate surface area is 107 Å². The van der Waals surface area contributed by atoms with Gasteiger partial charge in [-0.15, -0.1) is 0 Å². The van der Waals surface area contributed by atoms with Crippen LogP contribution in [0.5, 0.6) is 5.75 Å². The molecule has 5 nitrogen and oxygen atoms in total. The van der Waals surface area contributed by atoms with Gasteiger partial charge in [0.25, 0.3) is 0 Å². The Morgan fingerprint density at radius 3 is 2.61 bits per heavy atom. The van der Waals surface area contributed by atoms with E-state index in [4.69, 9.17) is 9.84 Å². The SMILES string of the molecule is CC(CO)NC(=O)Nc1ccccc1OC(C)C. The number of hydrogen-bond donors (Lipinski definition) is 3. The predicted octanol–water partition coefficient (Wildman–Crippen LogP) is 1.98. The molecule has 1 aromatic carbocycles. The molecule has 0 saturated heterocycles. The van der Waals surface area contributed by atoms with Gasteiger partial charge in [0.1, 0.15) is 5.75 Å². The first-order valence-electron chi connectivity index (χ1n) is 5.97. The lowest BCUT2D eigenvalue weighted by Crippen LogP contribution is -2.38. The van der Waals surface area contributed by atoms with Gasteiger partial charge in [0.05, 0.1) is 24.4 Å². The van der Waals surface area contributed by atoms with E-state index < -0.39 is 0 Å². The summed E-state index contributed by atoms with van der Waals surface area (Å²) < 4.78 is 5.59. The van der Waals surface area contributed by atoms with Crippen molar-refractivity contribution in [3.8, 4) is 5.75 Å². The average Bonchev–Trinajstić information content (AvgIpc) is 2.30. The lowest BCUT2D eigenvalue weighted by Gasteiger charge is -2.16. The molecule has 0 aliphatic rings. The smallest absolute Gasteiger partial charge is 0.319 e. The van der Waals surface area contributed by atoms with Gasteiger partial charge < -0.3 is 20.5 Å². The number of urea groups is 1. The van der Waals surface area contributed by atoms with Gasteiger partial charge >= 0.3 is 6.03 Å². The maximum atomic E-state index is 11.6. The average molecular weight is 252 g/mol. The van der Waals surface area contributed by atoms with Crippen LogP contribution in [-0.2, 0) is 0 Å². The van der Waals surface area contributed by atoms with E-state index in [-0.39, 0.29) is 24.8 Å². The summed E-state index contributed by atoms with van der Waals surface area (Å²) in [5, 5.41) is 14.2. The highest BCUT2D eigenvalue weighted by molar-refractivity contribution is 5.91. The van der Waals surface area contributed by atoms with E-state index in [1.807, 2.05) is 26.0 Å². The Morgan fingerprint density at radius 2 is 2.00 bits per heavy atom. The highest BCUT2D eigenvalue weighted by atomic mass is 16.5. The quantitative estimate of drug-likeness (QED) is 0.750. The van der Waals surface area contributed by atoms with E-state index in [1.165, 1.54) is 0 Å². The van der Waals surface area contributed by atoms with Crippen molar-refractivity contribution in [1.82, 2.24) is 5.32 Å². The van der Waals surface area contributed by atoms with Gasteiger partial charge in [0.2, 0.25) is 0 Å². The van der Waals surface area contributed by atoms with Crippen molar-refractivity contribution in [3.05, 3.63) is 24.3 Å². The number of rotatable bonds is 5. The molecular weight excluding hydrogens is 232 g/mol. The zero-order chi connectivity index (χ0) is 13.5. The highest BCUT2D eigenvalue weighted by Crippen LogP contribution is 2.24. The van der Waals surface area contributed by atoms with E-state index in [0.717, 1.165) is 0 Å². The van der Waals surface area contributed by atoms with E-state index >= 15 is 0 Å². The van der Waals surface area contributed by atoms with Crippen LogP contribution in [0, 0.1) is 0 Å². The molecule has 1 atom stereocenters. The molecule has 0 bridgehead atoms. The second-order valence-corrected chi connectivity index (χ2v) is 4.34. The number of ether oxygens (including phenoxy) is 1. The highest BCUT2D eigenvalue weighted by Gasteiger charge is 2.10. The summed E-state index contributed by atoms with van der Waals surface area (Å²) >= 11 is 0. The van der Waals surface area contributed by atoms with Gasteiger partial charge in [-0.25, -0.2) is 4.79 Å². The normalized spacial score (nSPS) is 12.1. The summed E-state index contributed by atoms with van der Waals surface area (Å²) in [6, 6.07) is 6.57. The molecular formula is C13H20N2O3. The molecule has 0 aliphatic heterocycles. The minimum absolute atomic E-state index is 0.0346. The van der Waals surface area contributed by atoms with Crippen molar-refractivity contribution in [3.63, 3.8) is 0 Å². The van der Waals surface area contributed by atoms with Crippen molar-refractivity contribution < 1.29 is 14.6 Å². The number of carbonyl (C=O) groups excluding carboxylic acids is 1. The second-order valence-electron chi connectivity index (χ2n) is 4.34. The molecule has 2 amide bonds. The fourth-order valence-electron chi connectivity index (χ4n) is 1.35. The number of amides is 2. The van der Waals surface area contributed by atoms with Gasteiger partial charge in [0.15, 0.2) is 0 Å². The largest absolute Gasteiger partial charge is 0.489 e. The molecule has 1 rings (SSSR count). The third kappa shape index (κ3) is 4.63. The monoisotopic (exact) mass is 252 g/mol. The fraction of sp³-hybridized carbons (Fsp3) is 0.462. The van der Waals surface area contributed by atoms with E-state index in [9.17, 15) is 4.79 Å². The van der Waals surface area contributed by atoms with Crippen LogP contribution >= 0.6 is 0 Å². The maximum absolute atomic E-state index is 11.6. The number of carbonyl (C=O) groups is 1. The van der Waals surface area contributed by atoms with Crippen LogP contribution in [0.3, 0.4) is 0 Å². The van der Waals surface area contributed by atoms with Crippen molar-refractivity contribution in [2.45, 2.75) is 32.9 Å². The third-order valence-electron chi connectivity index (χ3n) is 2.15. The Bertz CT molecular complexity index is 394. The van der Waals surface area contributed by atoms with Crippen molar-refractivity contribution >= 4 is 11.7 Å². The lowest BCUT2D eigenvalue weighted by molar-refractivity contribution is 0.228. The van der Waals surface area contributed by atoms with Gasteiger partial charge in [-0.1, -0.05) is 12.1 Å². The minimum atomic E-state index is -0.364. The lowest BCUT2D eigenvalue weighted by atomic mass is 10.3. The number of aliphatic hydroxyl groups excluding tert-OH is 1. The standard InChI is InChI=1S/C13H20N2O3/c1-9(2)18-12-7-5-4-6-11(12)15-13(17)14-10(3)8-16/h4-7,9-10,16H,8H2,1-3H3,(H2,14,15,17). The number of aliphatic hydroxyl groups is 1. The molecule has 100 valence electrons. The van der Waals surface area contributed by atoms with Crippen molar-refractivity contribution in [2.24, 2.45) is 0 Å². The van der Waals surface area contributed by atoms with Gasteiger partial charge in [-0.3, -0.25) is 0 Å². The summed E-state index contributed by atoms with van der Waals surface area (Å²) in [7, 11) is 0. The first-order valence-corrected chi connectivity index (χ1v) is 5.97. The molecule has 0 radical (unpaired) electrons. The van der Waals surface area contributed by atoms with Crippen LogP contribution in [0.15, 0.2) is 24.3 Å². The topological polar surface area (TPSA) is 70.6 Å². The molecule has 3 N–H and O–H groups in total. The van der Waals surface area contributed by atoms with Crippen LogP contribution in [0.1, 0.15) is 20.8 Å². The number of anilines is 1. The van der Waals surface area contributed by atoms with E-state index in [1.54, 1.807) is 19.1 Å². The zero-order valence-corrected chi connectivity index (χ0v) is 10.9. The van der Waals surface area contributed by atoms with Crippen molar-refractivity contribution in [1.29, 1.82) is 0 Å². The molecule has 1 aromatic rings. The maximum Gasteiger partial charge on any atom is 0.319 e. The van der Waals surface area contributed by atoms with Gasteiger partial charge in [-0.2, -0.15) is 0 Å². The summed E-state index contributed by atoms with van der Waals surface area (Å²) in [5.41, 5.74) is 0.605. The Morgan fingerprint density at radius 1 is 1.33 bits per heavy atom. The van der Waals surface area contributed by atoms with Crippen LogP contribution in [0.4, 0.5) is 10.5 Å². The van der Waals surface area contributed by atoms with E-state index in [2.05, 4.69) is 10.6 Å². The summed E-state index contributed by atoms with van der Waals surface area (Å²) in [4.78, 5) is 11.6. The summed E-state index contributed by atoms with van der Waals surface area (Å²) in [6.45, 7) is 5.46. The Hall–Kier alpha value is -1.75. The molecule has 0 saturated carbocycles. The van der Waals surface area contributed by atoms with E-state index in [0.29, 0.717) is 11.4 Å². The number of para-hydroxylation sites is 2. The fourth-order valence-corrected chi connectivity index (χ4v) is 1.35. The number of nitrogens with one attached hydrogen (secondary N) is 2. The first kappa shape index (κ1) is 14.3. The Kier molecular flexibility index (Phi) is 5.45.